The summed E-state index contributed by atoms with van der Waals surface area (Å²) in [5, 5.41) is 1.41. The van der Waals surface area contributed by atoms with Crippen molar-refractivity contribution in [2.24, 2.45) is 0 Å². The first-order valence-corrected chi connectivity index (χ1v) is 5.91. The molecular formula is C14H17N2+. The van der Waals surface area contributed by atoms with Gasteiger partial charge in [-0.25, -0.2) is 0 Å². The summed E-state index contributed by atoms with van der Waals surface area (Å²) in [4.78, 5) is 5.15. The molecule has 1 aromatic heterocycles. The minimum Gasteiger partial charge on any atom is -0.354 e. The molecule has 16 heavy (non-hydrogen) atoms. The largest absolute Gasteiger partial charge is 0.354 e. The van der Waals surface area contributed by atoms with E-state index in [2.05, 4.69) is 35.8 Å². The van der Waals surface area contributed by atoms with Crippen LogP contribution < -0.4 is 4.90 Å². The molecule has 2 aromatic rings. The second-order valence-electron chi connectivity index (χ2n) is 4.55. The van der Waals surface area contributed by atoms with Crippen LogP contribution in [0.2, 0.25) is 0 Å². The van der Waals surface area contributed by atoms with Gasteiger partial charge in [0.05, 0.1) is 18.8 Å². The number of hydrogen-bond donors (Lipinski definition) is 2. The van der Waals surface area contributed by atoms with E-state index < -0.39 is 0 Å². The van der Waals surface area contributed by atoms with E-state index in [0.29, 0.717) is 0 Å². The highest BCUT2D eigenvalue weighted by Gasteiger charge is 2.21. The lowest BCUT2D eigenvalue weighted by Gasteiger charge is -2.22. The maximum atomic E-state index is 3.82. The monoisotopic (exact) mass is 213 g/mol. The molecular weight excluding hydrogens is 196 g/mol. The number of aromatic nitrogens is 1. The number of H-pyrrole nitrogens is 1. The molecule has 0 saturated heterocycles. The number of quaternary nitrogens is 1. The van der Waals surface area contributed by atoms with Crippen LogP contribution in [0.25, 0.3) is 10.9 Å². The first-order valence-electron chi connectivity index (χ1n) is 5.91. The summed E-state index contributed by atoms with van der Waals surface area (Å²) in [6.07, 6.45) is 3.20. The van der Waals surface area contributed by atoms with Crippen LogP contribution in [0.4, 0.5) is 0 Å². The summed E-state index contributed by atoms with van der Waals surface area (Å²) < 4.78 is 0. The standard InChI is InChI=1S/C14H16N2/c1-2-8-16-9-7-12-11-5-3-4-6-13(11)15-14(12)10-16/h2-6,15H,1,7-10H2/p+1. The second kappa shape index (κ2) is 3.80. The summed E-state index contributed by atoms with van der Waals surface area (Å²) in [7, 11) is 0. The highest BCUT2D eigenvalue weighted by Crippen LogP contribution is 2.23. The Morgan fingerprint density at radius 1 is 1.38 bits per heavy atom. The third-order valence-corrected chi connectivity index (χ3v) is 3.49. The molecule has 1 aliphatic rings. The van der Waals surface area contributed by atoms with Gasteiger partial charge in [-0.2, -0.15) is 0 Å². The Morgan fingerprint density at radius 2 is 2.25 bits per heavy atom. The van der Waals surface area contributed by atoms with Crippen LogP contribution in [0.3, 0.4) is 0 Å². The molecule has 2 heterocycles. The SMILES string of the molecule is C=CC[NH+]1CCc2c([nH]c3ccccc23)C1. The van der Waals surface area contributed by atoms with E-state index >= 15 is 0 Å². The zero-order chi connectivity index (χ0) is 11.0. The lowest BCUT2D eigenvalue weighted by atomic mass is 10.0. The molecule has 0 bridgehead atoms. The Morgan fingerprint density at radius 3 is 3.12 bits per heavy atom. The van der Waals surface area contributed by atoms with Crippen molar-refractivity contribution in [2.45, 2.75) is 13.0 Å². The van der Waals surface area contributed by atoms with Crippen molar-refractivity contribution in [1.29, 1.82) is 0 Å². The summed E-state index contributed by atoms with van der Waals surface area (Å²) >= 11 is 0. The van der Waals surface area contributed by atoms with Crippen LogP contribution in [-0.4, -0.2) is 18.1 Å². The van der Waals surface area contributed by atoms with Gasteiger partial charge < -0.3 is 9.88 Å². The molecule has 0 spiro atoms. The van der Waals surface area contributed by atoms with Crippen molar-refractivity contribution < 1.29 is 4.90 Å². The van der Waals surface area contributed by atoms with E-state index in [1.807, 2.05) is 6.08 Å². The molecule has 82 valence electrons. The lowest BCUT2D eigenvalue weighted by molar-refractivity contribution is -0.910. The molecule has 2 heteroatoms. The Labute approximate surface area is 95.6 Å². The van der Waals surface area contributed by atoms with Crippen molar-refractivity contribution in [1.82, 2.24) is 4.98 Å². The normalized spacial score (nSPS) is 19.6. The number of para-hydroxylation sites is 1. The summed E-state index contributed by atoms with van der Waals surface area (Å²) in [5.41, 5.74) is 4.24. The molecule has 0 radical (unpaired) electrons. The maximum absolute atomic E-state index is 3.82. The van der Waals surface area contributed by atoms with Crippen LogP contribution in [0.1, 0.15) is 11.3 Å². The average Bonchev–Trinajstić information content (AvgIpc) is 2.67. The van der Waals surface area contributed by atoms with Gasteiger partial charge in [0.1, 0.15) is 6.54 Å². The fourth-order valence-corrected chi connectivity index (χ4v) is 2.71. The molecule has 0 aliphatic carbocycles. The van der Waals surface area contributed by atoms with E-state index in [0.717, 1.165) is 13.1 Å². The van der Waals surface area contributed by atoms with Gasteiger partial charge in [0, 0.05) is 17.3 Å². The quantitative estimate of drug-likeness (QED) is 0.701. The molecule has 1 unspecified atom stereocenters. The van der Waals surface area contributed by atoms with Gasteiger partial charge >= 0.3 is 0 Å². The van der Waals surface area contributed by atoms with Gasteiger partial charge in [0.15, 0.2) is 0 Å². The third-order valence-electron chi connectivity index (χ3n) is 3.49. The number of aromatic amines is 1. The van der Waals surface area contributed by atoms with Crippen LogP contribution in [0, 0.1) is 0 Å². The van der Waals surface area contributed by atoms with Crippen molar-refractivity contribution in [3.63, 3.8) is 0 Å². The first kappa shape index (κ1) is 9.67. The Kier molecular flexibility index (Phi) is 2.29. The fourth-order valence-electron chi connectivity index (χ4n) is 2.71. The van der Waals surface area contributed by atoms with Crippen molar-refractivity contribution >= 4 is 10.9 Å². The summed E-state index contributed by atoms with van der Waals surface area (Å²) in [5.74, 6) is 0. The van der Waals surface area contributed by atoms with Crippen LogP contribution in [-0.2, 0) is 13.0 Å². The smallest absolute Gasteiger partial charge is 0.118 e. The minimum absolute atomic E-state index is 1.06. The highest BCUT2D eigenvalue weighted by molar-refractivity contribution is 5.84. The Hall–Kier alpha value is -1.54. The summed E-state index contributed by atoms with van der Waals surface area (Å²) in [6.45, 7) is 7.22. The maximum Gasteiger partial charge on any atom is 0.118 e. The number of benzene rings is 1. The van der Waals surface area contributed by atoms with Crippen molar-refractivity contribution in [2.75, 3.05) is 13.1 Å². The van der Waals surface area contributed by atoms with Gasteiger partial charge in [-0.05, 0) is 17.7 Å². The molecule has 2 N–H and O–H groups in total. The van der Waals surface area contributed by atoms with E-state index in [9.17, 15) is 0 Å². The second-order valence-corrected chi connectivity index (χ2v) is 4.55. The zero-order valence-corrected chi connectivity index (χ0v) is 9.42. The van der Waals surface area contributed by atoms with Crippen LogP contribution in [0.5, 0.6) is 0 Å². The zero-order valence-electron chi connectivity index (χ0n) is 9.42. The van der Waals surface area contributed by atoms with E-state index in [4.69, 9.17) is 0 Å². The number of rotatable bonds is 2. The van der Waals surface area contributed by atoms with Gasteiger partial charge in [-0.3, -0.25) is 0 Å². The van der Waals surface area contributed by atoms with Crippen molar-refractivity contribution in [3.05, 3.63) is 48.2 Å². The molecule has 0 saturated carbocycles. The number of fused-ring (bicyclic) bond motifs is 3. The minimum atomic E-state index is 1.06. The number of nitrogens with one attached hydrogen (secondary N) is 2. The van der Waals surface area contributed by atoms with Gasteiger partial charge in [0.25, 0.3) is 0 Å². The van der Waals surface area contributed by atoms with Crippen LogP contribution >= 0.6 is 0 Å². The fraction of sp³-hybridized carbons (Fsp3) is 0.286. The topological polar surface area (TPSA) is 20.2 Å². The predicted molar refractivity (Wildman–Crippen MR) is 66.6 cm³/mol. The first-order chi connectivity index (χ1) is 7.88. The molecule has 1 aliphatic heterocycles. The van der Waals surface area contributed by atoms with Gasteiger partial charge in [-0.15, -0.1) is 0 Å². The highest BCUT2D eigenvalue weighted by atomic mass is 15.1. The Bertz CT molecular complexity index is 525. The van der Waals surface area contributed by atoms with E-state index in [1.165, 1.54) is 35.1 Å². The average molecular weight is 213 g/mol. The lowest BCUT2D eigenvalue weighted by Crippen LogP contribution is -3.11. The molecule has 0 amide bonds. The molecule has 1 atom stereocenters. The predicted octanol–water partition coefficient (Wildman–Crippen LogP) is 1.29. The van der Waals surface area contributed by atoms with Gasteiger partial charge in [-0.1, -0.05) is 24.8 Å². The van der Waals surface area contributed by atoms with Gasteiger partial charge in [0.2, 0.25) is 0 Å². The molecule has 2 nitrogen and oxygen atoms in total. The van der Waals surface area contributed by atoms with Crippen molar-refractivity contribution in [3.8, 4) is 0 Å². The van der Waals surface area contributed by atoms with Crippen LogP contribution in [0.15, 0.2) is 36.9 Å². The Balaban J connectivity index is 2.02. The third kappa shape index (κ3) is 1.46. The molecule has 3 rings (SSSR count). The van der Waals surface area contributed by atoms with E-state index in [1.54, 1.807) is 4.90 Å². The molecule has 0 fully saturated rings. The van der Waals surface area contributed by atoms with E-state index in [-0.39, 0.29) is 0 Å². The molecule has 1 aromatic carbocycles. The number of hydrogen-bond acceptors (Lipinski definition) is 0. The summed E-state index contributed by atoms with van der Waals surface area (Å²) in [6, 6.07) is 8.61.